The zero-order valence-electron chi connectivity index (χ0n) is 16.7. The van der Waals surface area contributed by atoms with Crippen LogP contribution in [0, 0.1) is 0 Å². The molecule has 152 valence electrons. The standard InChI is InChI=1S/C19H33N5O2S/c1-4-20-18(23-15-19(2,3)24-10-12-26-13-11-24)22-9-6-8-21-17(25)16-7-5-14-27-16/h5,7,14H,4,6,8-13,15H2,1-3H3,(H,21,25)(H2,20,22,23). The Balaban J connectivity index is 1.71. The number of aliphatic imine (C=N–C) groups is 1. The van der Waals surface area contributed by atoms with Gasteiger partial charge in [-0.3, -0.25) is 14.7 Å². The van der Waals surface area contributed by atoms with Gasteiger partial charge in [-0.2, -0.15) is 0 Å². The van der Waals surface area contributed by atoms with E-state index >= 15 is 0 Å². The Morgan fingerprint density at radius 3 is 2.67 bits per heavy atom. The van der Waals surface area contributed by atoms with Gasteiger partial charge in [-0.1, -0.05) is 6.07 Å². The van der Waals surface area contributed by atoms with Crippen molar-refractivity contribution in [2.24, 2.45) is 4.99 Å². The number of ether oxygens (including phenoxy) is 1. The van der Waals surface area contributed by atoms with Crippen LogP contribution in [0.2, 0.25) is 0 Å². The third kappa shape index (κ3) is 7.48. The first-order valence-corrected chi connectivity index (χ1v) is 10.6. The van der Waals surface area contributed by atoms with Crippen LogP contribution in [0.4, 0.5) is 0 Å². The lowest BCUT2D eigenvalue weighted by molar-refractivity contribution is -0.00683. The van der Waals surface area contributed by atoms with Crippen LogP contribution in [-0.2, 0) is 4.74 Å². The number of hydrogen-bond donors (Lipinski definition) is 3. The molecular formula is C19H33N5O2S. The van der Waals surface area contributed by atoms with Crippen molar-refractivity contribution in [1.29, 1.82) is 0 Å². The highest BCUT2D eigenvalue weighted by atomic mass is 32.1. The number of hydrogen-bond acceptors (Lipinski definition) is 5. The Hall–Kier alpha value is -1.64. The molecule has 0 saturated carbocycles. The number of nitrogens with one attached hydrogen (secondary N) is 3. The number of carbonyl (C=O) groups excluding carboxylic acids is 1. The van der Waals surface area contributed by atoms with Crippen molar-refractivity contribution in [3.05, 3.63) is 22.4 Å². The summed E-state index contributed by atoms with van der Waals surface area (Å²) >= 11 is 1.46. The molecule has 27 heavy (non-hydrogen) atoms. The SMILES string of the molecule is CCNC(=NCC(C)(C)N1CCOCC1)NCCCNC(=O)c1cccs1. The molecule has 0 aromatic carbocycles. The van der Waals surface area contributed by atoms with Gasteiger partial charge in [0.25, 0.3) is 5.91 Å². The molecule has 0 radical (unpaired) electrons. The van der Waals surface area contributed by atoms with Gasteiger partial charge in [-0.15, -0.1) is 11.3 Å². The summed E-state index contributed by atoms with van der Waals surface area (Å²) in [5.41, 5.74) is 0.000807. The summed E-state index contributed by atoms with van der Waals surface area (Å²) < 4.78 is 5.44. The van der Waals surface area contributed by atoms with E-state index in [0.717, 1.165) is 63.2 Å². The Bertz CT molecular complexity index is 583. The molecule has 0 spiro atoms. The number of carbonyl (C=O) groups is 1. The summed E-state index contributed by atoms with van der Waals surface area (Å²) in [6.07, 6.45) is 0.842. The van der Waals surface area contributed by atoms with Gasteiger partial charge in [0.05, 0.1) is 24.6 Å². The highest BCUT2D eigenvalue weighted by molar-refractivity contribution is 7.12. The number of guanidine groups is 1. The molecule has 1 aromatic rings. The lowest BCUT2D eigenvalue weighted by atomic mass is 10.0. The summed E-state index contributed by atoms with van der Waals surface area (Å²) in [4.78, 5) is 19.8. The van der Waals surface area contributed by atoms with Crippen molar-refractivity contribution in [1.82, 2.24) is 20.9 Å². The minimum atomic E-state index is -0.00201. The second-order valence-electron chi connectivity index (χ2n) is 7.12. The van der Waals surface area contributed by atoms with Crippen molar-refractivity contribution < 1.29 is 9.53 Å². The zero-order valence-corrected chi connectivity index (χ0v) is 17.5. The van der Waals surface area contributed by atoms with Gasteiger partial charge < -0.3 is 20.7 Å². The van der Waals surface area contributed by atoms with E-state index < -0.39 is 0 Å². The van der Waals surface area contributed by atoms with E-state index in [4.69, 9.17) is 9.73 Å². The number of rotatable bonds is 9. The van der Waals surface area contributed by atoms with Crippen LogP contribution in [0.1, 0.15) is 36.9 Å². The second kappa shape index (κ2) is 11.3. The number of thiophene rings is 1. The van der Waals surface area contributed by atoms with Crippen molar-refractivity contribution >= 4 is 23.2 Å². The van der Waals surface area contributed by atoms with Crippen LogP contribution in [-0.4, -0.2) is 74.8 Å². The Morgan fingerprint density at radius 1 is 1.26 bits per heavy atom. The summed E-state index contributed by atoms with van der Waals surface area (Å²) in [6, 6.07) is 3.73. The predicted molar refractivity (Wildman–Crippen MR) is 112 cm³/mol. The molecule has 1 aromatic heterocycles. The number of amides is 1. The summed E-state index contributed by atoms with van der Waals surface area (Å²) in [5, 5.41) is 11.5. The number of morpholine rings is 1. The van der Waals surface area contributed by atoms with E-state index in [2.05, 4.69) is 41.6 Å². The summed E-state index contributed by atoms with van der Waals surface area (Å²) in [6.45, 7) is 13.0. The van der Waals surface area contributed by atoms with Crippen molar-refractivity contribution in [2.45, 2.75) is 32.7 Å². The zero-order chi connectivity index (χ0) is 19.5. The second-order valence-corrected chi connectivity index (χ2v) is 8.07. The quantitative estimate of drug-likeness (QED) is 0.336. The van der Waals surface area contributed by atoms with E-state index in [-0.39, 0.29) is 11.4 Å². The maximum Gasteiger partial charge on any atom is 0.261 e. The fourth-order valence-corrected chi connectivity index (χ4v) is 3.52. The van der Waals surface area contributed by atoms with Gasteiger partial charge in [-0.25, -0.2) is 0 Å². The van der Waals surface area contributed by atoms with E-state index in [1.54, 1.807) is 0 Å². The van der Waals surface area contributed by atoms with Gasteiger partial charge >= 0.3 is 0 Å². The van der Waals surface area contributed by atoms with Crippen LogP contribution in [0.3, 0.4) is 0 Å². The van der Waals surface area contributed by atoms with Gasteiger partial charge in [0.2, 0.25) is 0 Å². The fraction of sp³-hybridized carbons (Fsp3) is 0.684. The smallest absolute Gasteiger partial charge is 0.261 e. The average molecular weight is 396 g/mol. The van der Waals surface area contributed by atoms with Crippen LogP contribution in [0.5, 0.6) is 0 Å². The molecule has 1 aliphatic rings. The Labute approximate surface area is 166 Å². The van der Waals surface area contributed by atoms with E-state index in [1.165, 1.54) is 11.3 Å². The molecule has 0 bridgehead atoms. The van der Waals surface area contributed by atoms with Crippen molar-refractivity contribution in [2.75, 3.05) is 52.5 Å². The fourth-order valence-electron chi connectivity index (χ4n) is 2.87. The van der Waals surface area contributed by atoms with Crippen LogP contribution in [0.25, 0.3) is 0 Å². The minimum absolute atomic E-state index is 0.000807. The van der Waals surface area contributed by atoms with Gasteiger partial charge in [-0.05, 0) is 38.6 Å². The first-order valence-electron chi connectivity index (χ1n) is 9.69. The van der Waals surface area contributed by atoms with E-state index in [9.17, 15) is 4.79 Å². The van der Waals surface area contributed by atoms with Crippen LogP contribution in [0.15, 0.2) is 22.5 Å². The van der Waals surface area contributed by atoms with Crippen molar-refractivity contribution in [3.63, 3.8) is 0 Å². The van der Waals surface area contributed by atoms with Gasteiger partial charge in [0.15, 0.2) is 5.96 Å². The van der Waals surface area contributed by atoms with Gasteiger partial charge in [0, 0.05) is 38.3 Å². The van der Waals surface area contributed by atoms with Crippen LogP contribution >= 0.6 is 11.3 Å². The van der Waals surface area contributed by atoms with E-state index in [1.807, 2.05) is 17.5 Å². The molecule has 0 atom stereocenters. The molecule has 2 heterocycles. The third-order valence-electron chi connectivity index (χ3n) is 4.51. The maximum absolute atomic E-state index is 11.9. The third-order valence-corrected chi connectivity index (χ3v) is 5.38. The lowest BCUT2D eigenvalue weighted by Crippen LogP contribution is -2.52. The van der Waals surface area contributed by atoms with Gasteiger partial charge in [0.1, 0.15) is 0 Å². The molecule has 2 rings (SSSR count). The van der Waals surface area contributed by atoms with E-state index in [0.29, 0.717) is 6.54 Å². The summed E-state index contributed by atoms with van der Waals surface area (Å²) in [5.74, 6) is 0.821. The maximum atomic E-state index is 11.9. The Kier molecular flexibility index (Phi) is 9.03. The topological polar surface area (TPSA) is 78.0 Å². The normalized spacial score (nSPS) is 16.2. The molecule has 7 nitrogen and oxygen atoms in total. The predicted octanol–water partition coefficient (Wildman–Crippen LogP) is 1.53. The first kappa shape index (κ1) is 21.7. The highest BCUT2D eigenvalue weighted by Gasteiger charge is 2.28. The first-order chi connectivity index (χ1) is 13.0. The molecule has 1 aliphatic heterocycles. The molecule has 0 unspecified atom stereocenters. The molecular weight excluding hydrogens is 362 g/mol. The largest absolute Gasteiger partial charge is 0.379 e. The molecule has 1 fully saturated rings. The molecule has 1 amide bonds. The summed E-state index contributed by atoms with van der Waals surface area (Å²) in [7, 11) is 0. The van der Waals surface area contributed by atoms with Crippen molar-refractivity contribution in [3.8, 4) is 0 Å². The monoisotopic (exact) mass is 395 g/mol. The minimum Gasteiger partial charge on any atom is -0.379 e. The Morgan fingerprint density at radius 2 is 2.00 bits per heavy atom. The lowest BCUT2D eigenvalue weighted by Gasteiger charge is -2.39. The highest BCUT2D eigenvalue weighted by Crippen LogP contribution is 2.16. The molecule has 1 saturated heterocycles. The number of nitrogens with zero attached hydrogens (tertiary/aromatic N) is 2. The molecule has 3 N–H and O–H groups in total. The molecule has 0 aliphatic carbocycles. The molecule has 8 heteroatoms. The van der Waals surface area contributed by atoms with Crippen LogP contribution < -0.4 is 16.0 Å². The average Bonchev–Trinajstić information content (AvgIpc) is 3.21.